The van der Waals surface area contributed by atoms with E-state index in [0.717, 1.165) is 13.1 Å². The summed E-state index contributed by atoms with van der Waals surface area (Å²) in [7, 11) is 0. The molecule has 1 heterocycles. The average molecular weight is 245 g/mol. The van der Waals surface area contributed by atoms with Crippen LogP contribution in [0.25, 0.3) is 0 Å². The second-order valence-electron chi connectivity index (χ2n) is 6.33. The fourth-order valence-electron chi connectivity index (χ4n) is 4.27. The number of rotatable bonds is 1. The summed E-state index contributed by atoms with van der Waals surface area (Å²) in [5, 5.41) is 13.4. The summed E-state index contributed by atoms with van der Waals surface area (Å²) in [6.45, 7) is 4.65. The minimum absolute atomic E-state index is 0.273. The molecule has 0 unspecified atom stereocenters. The van der Waals surface area contributed by atoms with Crippen molar-refractivity contribution in [1.29, 1.82) is 0 Å². The van der Waals surface area contributed by atoms with Crippen LogP contribution < -0.4 is 5.32 Å². The molecule has 2 heteroatoms. The summed E-state index contributed by atoms with van der Waals surface area (Å²) in [4.78, 5) is 0. The van der Waals surface area contributed by atoms with Crippen LogP contribution in [0.1, 0.15) is 44.6 Å². The maximum atomic E-state index is 9.80. The minimum atomic E-state index is 0.273. The topological polar surface area (TPSA) is 32.3 Å². The van der Waals surface area contributed by atoms with Gasteiger partial charge in [-0.05, 0) is 48.9 Å². The molecule has 98 valence electrons. The Morgan fingerprint density at radius 1 is 1.17 bits per heavy atom. The molecule has 1 saturated carbocycles. The summed E-state index contributed by atoms with van der Waals surface area (Å²) in [6.07, 6.45) is 6.45. The van der Waals surface area contributed by atoms with E-state index >= 15 is 0 Å². The largest absolute Gasteiger partial charge is 0.508 e. The van der Waals surface area contributed by atoms with E-state index in [1.54, 1.807) is 6.07 Å². The van der Waals surface area contributed by atoms with Crippen molar-refractivity contribution < 1.29 is 5.11 Å². The Labute approximate surface area is 109 Å². The van der Waals surface area contributed by atoms with Crippen molar-refractivity contribution in [2.45, 2.75) is 44.4 Å². The number of fused-ring (bicyclic) bond motifs is 1. The van der Waals surface area contributed by atoms with Gasteiger partial charge in [-0.2, -0.15) is 0 Å². The highest BCUT2D eigenvalue weighted by Gasteiger charge is 2.51. The van der Waals surface area contributed by atoms with Crippen LogP contribution in [0.4, 0.5) is 0 Å². The fraction of sp³-hybridized carbons (Fsp3) is 0.625. The van der Waals surface area contributed by atoms with E-state index in [9.17, 15) is 5.11 Å². The third kappa shape index (κ3) is 1.66. The molecule has 0 radical (unpaired) electrons. The normalized spacial score (nSPS) is 36.1. The van der Waals surface area contributed by atoms with Gasteiger partial charge in [0.2, 0.25) is 0 Å². The van der Waals surface area contributed by atoms with Crippen LogP contribution in [0.3, 0.4) is 0 Å². The Morgan fingerprint density at radius 3 is 2.83 bits per heavy atom. The van der Waals surface area contributed by atoms with Crippen LogP contribution in [0.5, 0.6) is 5.75 Å². The third-order valence-electron chi connectivity index (χ3n) is 5.38. The number of piperidine rings is 1. The standard InChI is InChI=1S/C16H23NO/c1-15-7-2-3-8-16(15,9-10-17-12-15)13-5-4-6-14(18)11-13/h4-6,11,17-18H,2-3,7-10,12H2,1H3/t15-,16+/m1/s1. The van der Waals surface area contributed by atoms with Crippen LogP contribution in [0.2, 0.25) is 0 Å². The van der Waals surface area contributed by atoms with Crippen LogP contribution in [-0.4, -0.2) is 18.2 Å². The Bertz CT molecular complexity index is 428. The highest BCUT2D eigenvalue weighted by Crippen LogP contribution is 2.55. The SMILES string of the molecule is C[C@]12CCCC[C@@]1(c1cccc(O)c1)CCNC2. The Morgan fingerprint density at radius 2 is 2.00 bits per heavy atom. The molecule has 1 aromatic rings. The molecule has 0 amide bonds. The lowest BCUT2D eigenvalue weighted by atomic mass is 9.51. The molecule has 0 bridgehead atoms. The van der Waals surface area contributed by atoms with Gasteiger partial charge in [0, 0.05) is 12.0 Å². The summed E-state index contributed by atoms with van der Waals surface area (Å²) in [5.41, 5.74) is 1.97. The molecule has 1 saturated heterocycles. The second-order valence-corrected chi connectivity index (χ2v) is 6.33. The predicted octanol–water partition coefficient (Wildman–Crippen LogP) is 3.20. The average Bonchev–Trinajstić information content (AvgIpc) is 2.38. The molecule has 2 N–H and O–H groups in total. The molecular formula is C16H23NO. The van der Waals surface area contributed by atoms with Crippen LogP contribution >= 0.6 is 0 Å². The van der Waals surface area contributed by atoms with E-state index in [0.29, 0.717) is 11.2 Å². The van der Waals surface area contributed by atoms with Gasteiger partial charge < -0.3 is 10.4 Å². The van der Waals surface area contributed by atoms with Crippen LogP contribution in [-0.2, 0) is 5.41 Å². The first-order chi connectivity index (χ1) is 8.66. The Balaban J connectivity index is 2.08. The van der Waals surface area contributed by atoms with Crippen molar-refractivity contribution >= 4 is 0 Å². The van der Waals surface area contributed by atoms with E-state index < -0.39 is 0 Å². The highest BCUT2D eigenvalue weighted by atomic mass is 16.3. The van der Waals surface area contributed by atoms with E-state index in [1.165, 1.54) is 37.7 Å². The fourth-order valence-corrected chi connectivity index (χ4v) is 4.27. The van der Waals surface area contributed by atoms with Crippen molar-refractivity contribution in [1.82, 2.24) is 5.32 Å². The molecule has 3 rings (SSSR count). The zero-order valence-electron chi connectivity index (χ0n) is 11.2. The van der Waals surface area contributed by atoms with E-state index in [4.69, 9.17) is 0 Å². The van der Waals surface area contributed by atoms with Crippen LogP contribution in [0, 0.1) is 5.41 Å². The van der Waals surface area contributed by atoms with Gasteiger partial charge in [0.15, 0.2) is 0 Å². The maximum absolute atomic E-state index is 9.80. The predicted molar refractivity (Wildman–Crippen MR) is 73.8 cm³/mol. The monoisotopic (exact) mass is 245 g/mol. The van der Waals surface area contributed by atoms with Crippen molar-refractivity contribution in [3.63, 3.8) is 0 Å². The molecule has 2 aliphatic rings. The minimum Gasteiger partial charge on any atom is -0.508 e. The van der Waals surface area contributed by atoms with Gasteiger partial charge in [-0.1, -0.05) is 31.9 Å². The van der Waals surface area contributed by atoms with Gasteiger partial charge >= 0.3 is 0 Å². The molecule has 2 atom stereocenters. The summed E-state index contributed by atoms with van der Waals surface area (Å²) < 4.78 is 0. The number of phenolic OH excluding ortho intramolecular Hbond substituents is 1. The smallest absolute Gasteiger partial charge is 0.115 e. The summed E-state index contributed by atoms with van der Waals surface area (Å²) >= 11 is 0. The number of benzene rings is 1. The zero-order chi connectivity index (χ0) is 12.6. The number of nitrogens with one attached hydrogen (secondary N) is 1. The van der Waals surface area contributed by atoms with Crippen molar-refractivity contribution in [2.75, 3.05) is 13.1 Å². The lowest BCUT2D eigenvalue weighted by Crippen LogP contribution is -2.56. The molecule has 0 spiro atoms. The number of hydrogen-bond donors (Lipinski definition) is 2. The third-order valence-corrected chi connectivity index (χ3v) is 5.38. The molecule has 2 fully saturated rings. The summed E-state index contributed by atoms with van der Waals surface area (Å²) in [5.74, 6) is 0.410. The number of aromatic hydroxyl groups is 1. The van der Waals surface area contributed by atoms with Gasteiger partial charge in [0.25, 0.3) is 0 Å². The first-order valence-corrected chi connectivity index (χ1v) is 7.17. The molecule has 0 aromatic heterocycles. The Kier molecular flexibility index (Phi) is 2.86. The molecule has 1 aliphatic heterocycles. The van der Waals surface area contributed by atoms with Crippen molar-refractivity contribution in [3.05, 3.63) is 29.8 Å². The van der Waals surface area contributed by atoms with Crippen molar-refractivity contribution in [2.24, 2.45) is 5.41 Å². The first-order valence-electron chi connectivity index (χ1n) is 7.17. The first kappa shape index (κ1) is 12.0. The highest BCUT2D eigenvalue weighted by molar-refractivity contribution is 5.36. The molecule has 1 aromatic carbocycles. The molecule has 2 nitrogen and oxygen atoms in total. The van der Waals surface area contributed by atoms with E-state index in [2.05, 4.69) is 18.3 Å². The zero-order valence-corrected chi connectivity index (χ0v) is 11.2. The van der Waals surface area contributed by atoms with Crippen molar-refractivity contribution in [3.8, 4) is 5.75 Å². The van der Waals surface area contributed by atoms with E-state index in [-0.39, 0.29) is 5.41 Å². The lowest BCUT2D eigenvalue weighted by Gasteiger charge is -2.56. The molecular weight excluding hydrogens is 222 g/mol. The van der Waals surface area contributed by atoms with Gasteiger partial charge in [-0.15, -0.1) is 0 Å². The Hall–Kier alpha value is -1.02. The number of phenols is 1. The second kappa shape index (κ2) is 4.27. The number of hydrogen-bond acceptors (Lipinski definition) is 2. The quantitative estimate of drug-likeness (QED) is 0.796. The summed E-state index contributed by atoms with van der Waals surface area (Å²) in [6, 6.07) is 7.99. The van der Waals surface area contributed by atoms with Gasteiger partial charge in [-0.3, -0.25) is 0 Å². The van der Waals surface area contributed by atoms with Gasteiger partial charge in [0.05, 0.1) is 0 Å². The van der Waals surface area contributed by atoms with Gasteiger partial charge in [0.1, 0.15) is 5.75 Å². The van der Waals surface area contributed by atoms with Gasteiger partial charge in [-0.25, -0.2) is 0 Å². The van der Waals surface area contributed by atoms with E-state index in [1.807, 2.05) is 12.1 Å². The lowest BCUT2D eigenvalue weighted by molar-refractivity contribution is 0.0396. The van der Waals surface area contributed by atoms with Crippen LogP contribution in [0.15, 0.2) is 24.3 Å². The maximum Gasteiger partial charge on any atom is 0.115 e. The molecule has 18 heavy (non-hydrogen) atoms. The molecule has 1 aliphatic carbocycles.